The number of phosphoric ester groups is 1. The molecule has 0 unspecified atom stereocenters. The fraction of sp³-hybridized carbons (Fsp3) is 0.667. The summed E-state index contributed by atoms with van der Waals surface area (Å²) in [5.74, 6) is -2.98. The molecule has 12 nitrogen and oxygen atoms in total. The molecule has 1 aliphatic heterocycles. The van der Waals surface area contributed by atoms with Crippen molar-refractivity contribution in [2.75, 3.05) is 6.54 Å². The number of carboxylic acids is 1. The fourth-order valence-corrected chi connectivity index (χ4v) is 2.69. The van der Waals surface area contributed by atoms with Crippen molar-refractivity contribution in [3.63, 3.8) is 0 Å². The Bertz CT molecular complexity index is 590. The first-order valence-electron chi connectivity index (χ1n) is 7.33. The number of carboxylic acid groups (broad SMARTS) is 1. The maximum absolute atomic E-state index is 11.7. The lowest BCUT2D eigenvalue weighted by Gasteiger charge is -2.22. The van der Waals surface area contributed by atoms with E-state index in [2.05, 4.69) is 20.5 Å². The molecule has 0 spiro atoms. The van der Waals surface area contributed by atoms with Crippen molar-refractivity contribution in [1.82, 2.24) is 16.0 Å². The highest BCUT2D eigenvalue weighted by Gasteiger charge is 2.32. The lowest BCUT2D eigenvalue weighted by atomic mass is 10.2. The molecule has 25 heavy (non-hydrogen) atoms. The van der Waals surface area contributed by atoms with Gasteiger partial charge in [-0.15, -0.1) is 0 Å². The number of rotatable bonds is 9. The summed E-state index contributed by atoms with van der Waals surface area (Å²) in [5, 5.41) is 16.0. The minimum Gasteiger partial charge on any atom is -0.480 e. The first-order chi connectivity index (χ1) is 11.5. The number of nitrogens with one attached hydrogen (secondary N) is 3. The zero-order valence-corrected chi connectivity index (χ0v) is 14.2. The van der Waals surface area contributed by atoms with Gasteiger partial charge in [-0.05, 0) is 13.3 Å². The van der Waals surface area contributed by atoms with Crippen LogP contribution in [0.1, 0.15) is 26.2 Å². The molecule has 1 aliphatic rings. The van der Waals surface area contributed by atoms with Gasteiger partial charge in [-0.25, -0.2) is 9.36 Å². The van der Waals surface area contributed by atoms with Crippen molar-refractivity contribution in [3.8, 4) is 0 Å². The van der Waals surface area contributed by atoms with E-state index >= 15 is 0 Å². The van der Waals surface area contributed by atoms with Gasteiger partial charge in [-0.1, -0.05) is 0 Å². The maximum atomic E-state index is 11.7. The van der Waals surface area contributed by atoms with Gasteiger partial charge in [-0.2, -0.15) is 0 Å². The minimum atomic E-state index is -4.92. The third-order valence-electron chi connectivity index (χ3n) is 3.32. The molecule has 0 bridgehead atoms. The van der Waals surface area contributed by atoms with Gasteiger partial charge in [0.15, 0.2) is 6.04 Å². The second kappa shape index (κ2) is 8.90. The molecule has 3 atom stereocenters. The average Bonchev–Trinajstić information content (AvgIpc) is 2.89. The van der Waals surface area contributed by atoms with Gasteiger partial charge in [0.2, 0.25) is 17.7 Å². The van der Waals surface area contributed by atoms with E-state index in [9.17, 15) is 23.7 Å². The van der Waals surface area contributed by atoms with Crippen LogP contribution in [-0.2, 0) is 28.3 Å². The minimum absolute atomic E-state index is 0.100. The number of hydrogen-bond donors (Lipinski definition) is 6. The quantitative estimate of drug-likeness (QED) is 0.241. The second-order valence-corrected chi connectivity index (χ2v) is 6.58. The highest BCUT2D eigenvalue weighted by atomic mass is 31.2. The molecule has 142 valence electrons. The normalized spacial score (nSPS) is 19.6. The average molecular weight is 381 g/mol. The van der Waals surface area contributed by atoms with Gasteiger partial charge in [0.05, 0.1) is 6.10 Å². The summed E-state index contributed by atoms with van der Waals surface area (Å²) in [6.07, 6.45) is -1.14. The van der Waals surface area contributed by atoms with E-state index in [4.69, 9.17) is 14.9 Å². The number of carbonyl (C=O) groups excluding carboxylic acids is 3. The molecular formula is C12H20N3O9P. The van der Waals surface area contributed by atoms with Crippen LogP contribution in [0.25, 0.3) is 0 Å². The van der Waals surface area contributed by atoms with Crippen molar-refractivity contribution in [1.29, 1.82) is 0 Å². The highest BCUT2D eigenvalue weighted by Crippen LogP contribution is 2.38. The Morgan fingerprint density at radius 1 is 1.40 bits per heavy atom. The van der Waals surface area contributed by atoms with E-state index in [1.54, 1.807) is 0 Å². The van der Waals surface area contributed by atoms with Crippen molar-refractivity contribution in [3.05, 3.63) is 0 Å². The van der Waals surface area contributed by atoms with E-state index in [0.717, 1.165) is 6.92 Å². The van der Waals surface area contributed by atoms with E-state index in [0.29, 0.717) is 6.42 Å². The van der Waals surface area contributed by atoms with Crippen molar-refractivity contribution in [2.45, 2.75) is 44.4 Å². The zero-order chi connectivity index (χ0) is 19.2. The molecule has 0 aromatic carbocycles. The number of phosphoric acid groups is 1. The summed E-state index contributed by atoms with van der Waals surface area (Å²) in [7, 11) is -4.92. The predicted octanol–water partition coefficient (Wildman–Crippen LogP) is -2.16. The van der Waals surface area contributed by atoms with Crippen LogP contribution < -0.4 is 16.0 Å². The Morgan fingerprint density at radius 3 is 2.52 bits per heavy atom. The molecule has 0 aliphatic carbocycles. The van der Waals surface area contributed by atoms with Gasteiger partial charge >= 0.3 is 13.8 Å². The third kappa shape index (κ3) is 7.61. The number of amides is 3. The van der Waals surface area contributed by atoms with Crippen molar-refractivity contribution >= 4 is 31.5 Å². The molecule has 1 saturated heterocycles. The van der Waals surface area contributed by atoms with E-state index in [1.807, 2.05) is 0 Å². The third-order valence-corrected chi connectivity index (χ3v) is 3.93. The van der Waals surface area contributed by atoms with E-state index in [-0.39, 0.29) is 25.3 Å². The van der Waals surface area contributed by atoms with E-state index < -0.39 is 43.8 Å². The standard InChI is InChI=1S/C12H20N3O9P/c1-6(24-25(21,22)23)10(12(19)20)15-9(17)4-5-13-11(18)7-2-3-8(16)14-7/h6-7,10H,2-5H2,1H3,(H,13,18)(H,14,16)(H,15,17)(H,19,20)(H2,21,22,23)/t6-,7+,10-/m0/s1. The molecule has 1 heterocycles. The van der Waals surface area contributed by atoms with Crippen LogP contribution in [0.2, 0.25) is 0 Å². The largest absolute Gasteiger partial charge is 0.480 e. The van der Waals surface area contributed by atoms with Gasteiger partial charge in [-0.3, -0.25) is 18.9 Å². The summed E-state index contributed by atoms with van der Waals surface area (Å²) >= 11 is 0. The summed E-state index contributed by atoms with van der Waals surface area (Å²) in [6.45, 7) is 0.986. The van der Waals surface area contributed by atoms with Crippen molar-refractivity contribution in [2.24, 2.45) is 0 Å². The van der Waals surface area contributed by atoms with E-state index in [1.165, 1.54) is 0 Å². The van der Waals surface area contributed by atoms with Crippen LogP contribution in [0.15, 0.2) is 0 Å². The van der Waals surface area contributed by atoms with Crippen LogP contribution in [0.4, 0.5) is 0 Å². The molecule has 6 N–H and O–H groups in total. The lowest BCUT2D eigenvalue weighted by Crippen LogP contribution is -2.49. The maximum Gasteiger partial charge on any atom is 0.469 e. The monoisotopic (exact) mass is 381 g/mol. The fourth-order valence-electron chi connectivity index (χ4n) is 2.14. The number of hydrogen-bond acceptors (Lipinski definition) is 6. The molecule has 0 aromatic heterocycles. The Labute approximate surface area is 142 Å². The molecule has 3 amide bonds. The summed E-state index contributed by atoms with van der Waals surface area (Å²) in [6, 6.07) is -2.33. The molecule has 0 aromatic rings. The first kappa shape index (κ1) is 21.0. The number of aliphatic carboxylic acids is 1. The van der Waals surface area contributed by atoms with Gasteiger partial charge < -0.3 is 30.8 Å². The first-order valence-corrected chi connectivity index (χ1v) is 8.86. The van der Waals surface area contributed by atoms with Crippen LogP contribution >= 0.6 is 7.82 Å². The summed E-state index contributed by atoms with van der Waals surface area (Å²) in [5.41, 5.74) is 0. The van der Waals surface area contributed by atoms with Gasteiger partial charge in [0.1, 0.15) is 6.04 Å². The Morgan fingerprint density at radius 2 is 2.04 bits per heavy atom. The van der Waals surface area contributed by atoms with Crippen LogP contribution in [-0.4, -0.2) is 63.3 Å². The Hall–Kier alpha value is -2.01. The Balaban J connectivity index is 2.42. The van der Waals surface area contributed by atoms with Crippen molar-refractivity contribution < 1.29 is 43.2 Å². The van der Waals surface area contributed by atoms with Crippen LogP contribution in [0, 0.1) is 0 Å². The smallest absolute Gasteiger partial charge is 0.469 e. The highest BCUT2D eigenvalue weighted by molar-refractivity contribution is 7.46. The Kier molecular flexibility index (Phi) is 7.49. The molecule has 0 radical (unpaired) electrons. The molecule has 1 rings (SSSR count). The van der Waals surface area contributed by atoms with Gasteiger partial charge in [0, 0.05) is 19.4 Å². The summed E-state index contributed by atoms with van der Waals surface area (Å²) < 4.78 is 15.0. The SMILES string of the molecule is C[C@H](OP(=O)(O)O)[C@H](NC(=O)CCNC(=O)[C@H]1CCC(=O)N1)C(=O)O. The molecule has 0 saturated carbocycles. The predicted molar refractivity (Wildman–Crippen MR) is 80.9 cm³/mol. The van der Waals surface area contributed by atoms with Gasteiger partial charge in [0.25, 0.3) is 0 Å². The number of carbonyl (C=O) groups is 4. The van der Waals surface area contributed by atoms with Crippen LogP contribution in [0.3, 0.4) is 0 Å². The van der Waals surface area contributed by atoms with Crippen LogP contribution in [0.5, 0.6) is 0 Å². The zero-order valence-electron chi connectivity index (χ0n) is 13.3. The summed E-state index contributed by atoms with van der Waals surface area (Å²) in [4.78, 5) is 62.9. The molecule has 1 fully saturated rings. The second-order valence-electron chi connectivity index (χ2n) is 5.38. The molecule has 13 heteroatoms. The molecular weight excluding hydrogens is 361 g/mol. The lowest BCUT2D eigenvalue weighted by molar-refractivity contribution is -0.144. The topological polar surface area (TPSA) is 191 Å².